The summed E-state index contributed by atoms with van der Waals surface area (Å²) in [6.07, 6.45) is 1.38. The number of aromatic nitrogens is 2. The van der Waals surface area contributed by atoms with Crippen molar-refractivity contribution >= 4 is 11.6 Å². The Morgan fingerprint density at radius 1 is 1.18 bits per heavy atom. The topological polar surface area (TPSA) is 67.0 Å². The fraction of sp³-hybridized carbons (Fsp3) is 0.478. The summed E-state index contributed by atoms with van der Waals surface area (Å²) in [7, 11) is 1.68. The lowest BCUT2D eigenvalue weighted by Gasteiger charge is -2.39. The highest BCUT2D eigenvalue weighted by Gasteiger charge is 2.44. The number of carbonyl (C=O) groups excluding carboxylic acids is 1. The summed E-state index contributed by atoms with van der Waals surface area (Å²) in [5.74, 6) is 1.65. The van der Waals surface area contributed by atoms with Gasteiger partial charge in [-0.15, -0.1) is 0 Å². The zero-order valence-corrected chi connectivity index (χ0v) is 17.6. The average Bonchev–Trinajstić information content (AvgIpc) is 3.02. The number of benzene rings is 1. The van der Waals surface area contributed by atoms with Crippen LogP contribution in [0.15, 0.2) is 35.5 Å². The summed E-state index contributed by atoms with van der Waals surface area (Å²) in [5, 5.41) is 11.3. The molecular formula is C23H29N3O2. The molecule has 2 N–H and O–H groups in total. The van der Waals surface area contributed by atoms with Crippen molar-refractivity contribution in [3.8, 4) is 5.75 Å². The zero-order valence-electron chi connectivity index (χ0n) is 17.6. The number of carbonyl (C=O) groups is 1. The van der Waals surface area contributed by atoms with Gasteiger partial charge >= 0.3 is 0 Å². The Balaban J connectivity index is 2.00. The average molecular weight is 380 g/mol. The molecule has 1 aliphatic heterocycles. The van der Waals surface area contributed by atoms with Crippen molar-refractivity contribution in [3.63, 3.8) is 0 Å². The number of fused-ring (bicyclic) bond motifs is 1. The standard InChI is InChI=1S/C23H29N3O2/c1-22(2,3)20-19-17(13-9-7-8-10-16(13)28-6)18-14(24-21(19)26-25-20)11-23(4,5)12-15(18)27/h7-10,17H,11-12H2,1-6H3,(H2,24,25,26). The van der Waals surface area contributed by atoms with Gasteiger partial charge in [-0.3, -0.25) is 9.89 Å². The summed E-state index contributed by atoms with van der Waals surface area (Å²) in [6, 6.07) is 8.00. The molecule has 0 amide bonds. The summed E-state index contributed by atoms with van der Waals surface area (Å²) in [6.45, 7) is 10.8. The Morgan fingerprint density at radius 2 is 1.89 bits per heavy atom. The molecule has 148 valence electrons. The number of hydrogen-bond donors (Lipinski definition) is 2. The van der Waals surface area contributed by atoms with Crippen molar-refractivity contribution in [2.75, 3.05) is 12.4 Å². The van der Waals surface area contributed by atoms with Crippen molar-refractivity contribution in [3.05, 3.63) is 52.4 Å². The minimum Gasteiger partial charge on any atom is -0.496 e. The Labute approximate surface area is 166 Å². The Morgan fingerprint density at radius 3 is 2.57 bits per heavy atom. The highest BCUT2D eigenvalue weighted by atomic mass is 16.5. The van der Waals surface area contributed by atoms with E-state index in [4.69, 9.17) is 4.74 Å². The molecule has 2 aromatic rings. The van der Waals surface area contributed by atoms with Crippen LogP contribution >= 0.6 is 0 Å². The highest BCUT2D eigenvalue weighted by Crippen LogP contribution is 2.52. The van der Waals surface area contributed by atoms with Crippen LogP contribution in [-0.4, -0.2) is 23.1 Å². The number of methoxy groups -OCH3 is 1. The number of ether oxygens (including phenoxy) is 1. The predicted octanol–water partition coefficient (Wildman–Crippen LogP) is 4.92. The van der Waals surface area contributed by atoms with E-state index in [9.17, 15) is 4.79 Å². The minimum absolute atomic E-state index is 0.0606. The fourth-order valence-corrected chi connectivity index (χ4v) is 4.58. The van der Waals surface area contributed by atoms with E-state index in [0.29, 0.717) is 6.42 Å². The first kappa shape index (κ1) is 18.8. The largest absolute Gasteiger partial charge is 0.496 e. The van der Waals surface area contributed by atoms with Gasteiger partial charge in [0.05, 0.1) is 7.11 Å². The second-order valence-electron chi connectivity index (χ2n) is 9.74. The van der Waals surface area contributed by atoms with Gasteiger partial charge in [0, 0.05) is 45.8 Å². The molecule has 0 saturated heterocycles. The van der Waals surface area contributed by atoms with Crippen LogP contribution in [0.3, 0.4) is 0 Å². The maximum Gasteiger partial charge on any atom is 0.162 e. The van der Waals surface area contributed by atoms with Crippen molar-refractivity contribution in [2.45, 2.75) is 58.8 Å². The van der Waals surface area contributed by atoms with E-state index in [1.807, 2.05) is 18.2 Å². The number of para-hydroxylation sites is 1. The molecule has 1 aliphatic carbocycles. The number of ketones is 1. The third kappa shape index (κ3) is 2.93. The second kappa shape index (κ2) is 6.23. The summed E-state index contributed by atoms with van der Waals surface area (Å²) < 4.78 is 5.69. The summed E-state index contributed by atoms with van der Waals surface area (Å²) in [5.41, 5.74) is 4.80. The molecular weight excluding hydrogens is 350 g/mol. The zero-order chi connectivity index (χ0) is 20.3. The number of nitrogens with zero attached hydrogens (tertiary/aromatic N) is 1. The second-order valence-corrected chi connectivity index (χ2v) is 9.74. The van der Waals surface area contributed by atoms with E-state index < -0.39 is 0 Å². The molecule has 1 atom stereocenters. The van der Waals surface area contributed by atoms with Crippen LogP contribution in [0, 0.1) is 5.41 Å². The molecule has 2 heterocycles. The smallest absolute Gasteiger partial charge is 0.162 e. The van der Waals surface area contributed by atoms with Gasteiger partial charge in [-0.1, -0.05) is 52.8 Å². The van der Waals surface area contributed by atoms with Crippen molar-refractivity contribution in [2.24, 2.45) is 5.41 Å². The van der Waals surface area contributed by atoms with Gasteiger partial charge < -0.3 is 10.1 Å². The van der Waals surface area contributed by atoms with Gasteiger partial charge in [-0.2, -0.15) is 5.10 Å². The highest BCUT2D eigenvalue weighted by molar-refractivity contribution is 6.01. The summed E-state index contributed by atoms with van der Waals surface area (Å²) in [4.78, 5) is 13.4. The Bertz CT molecular complexity index is 976. The minimum atomic E-state index is -0.182. The van der Waals surface area contributed by atoms with E-state index >= 15 is 0 Å². The van der Waals surface area contributed by atoms with Gasteiger partial charge in [0.15, 0.2) is 11.6 Å². The molecule has 0 spiro atoms. The lowest BCUT2D eigenvalue weighted by Crippen LogP contribution is -2.34. The molecule has 28 heavy (non-hydrogen) atoms. The number of anilines is 1. The molecule has 5 heteroatoms. The van der Waals surface area contributed by atoms with Crippen LogP contribution < -0.4 is 10.1 Å². The van der Waals surface area contributed by atoms with Gasteiger partial charge in [0.25, 0.3) is 0 Å². The molecule has 0 radical (unpaired) electrons. The van der Waals surface area contributed by atoms with Gasteiger partial charge in [-0.25, -0.2) is 0 Å². The third-order valence-electron chi connectivity index (χ3n) is 5.77. The van der Waals surface area contributed by atoms with Crippen LogP contribution in [0.4, 0.5) is 5.82 Å². The normalized spacial score (nSPS) is 21.1. The fourth-order valence-electron chi connectivity index (χ4n) is 4.58. The SMILES string of the molecule is COc1ccccc1C1C2=C(CC(C)(C)CC2=O)Nc2n[nH]c(C(C)(C)C)c21. The van der Waals surface area contributed by atoms with Crippen LogP contribution in [0.1, 0.15) is 70.2 Å². The molecule has 5 nitrogen and oxygen atoms in total. The van der Waals surface area contributed by atoms with Crippen LogP contribution in [0.5, 0.6) is 5.75 Å². The van der Waals surface area contributed by atoms with Crippen LogP contribution in [0.2, 0.25) is 0 Å². The van der Waals surface area contributed by atoms with Gasteiger partial charge in [-0.05, 0) is 17.9 Å². The maximum absolute atomic E-state index is 13.4. The first-order valence-corrected chi connectivity index (χ1v) is 9.87. The molecule has 2 aliphatic rings. The monoisotopic (exact) mass is 379 g/mol. The maximum atomic E-state index is 13.4. The summed E-state index contributed by atoms with van der Waals surface area (Å²) >= 11 is 0. The van der Waals surface area contributed by atoms with Gasteiger partial charge in [0.2, 0.25) is 0 Å². The van der Waals surface area contributed by atoms with E-state index in [0.717, 1.165) is 46.1 Å². The number of allylic oxidation sites excluding steroid dienone is 2. The number of Topliss-reactive ketones (excluding diaryl/α,β-unsaturated/α-hetero) is 1. The van der Waals surface area contributed by atoms with Crippen molar-refractivity contribution in [1.82, 2.24) is 10.2 Å². The molecule has 0 bridgehead atoms. The molecule has 1 aromatic carbocycles. The third-order valence-corrected chi connectivity index (χ3v) is 5.77. The van der Waals surface area contributed by atoms with E-state index in [2.05, 4.69) is 56.2 Å². The molecule has 1 aromatic heterocycles. The molecule has 4 rings (SSSR count). The van der Waals surface area contributed by atoms with E-state index in [1.165, 1.54) is 0 Å². The quantitative estimate of drug-likeness (QED) is 0.777. The van der Waals surface area contributed by atoms with E-state index in [1.54, 1.807) is 7.11 Å². The number of rotatable bonds is 2. The first-order valence-electron chi connectivity index (χ1n) is 9.87. The van der Waals surface area contributed by atoms with E-state index in [-0.39, 0.29) is 22.5 Å². The predicted molar refractivity (Wildman–Crippen MR) is 111 cm³/mol. The lowest BCUT2D eigenvalue weighted by atomic mass is 9.68. The molecule has 0 fully saturated rings. The number of H-pyrrole nitrogens is 1. The van der Waals surface area contributed by atoms with Gasteiger partial charge in [0.1, 0.15) is 5.75 Å². The Kier molecular flexibility index (Phi) is 4.18. The lowest BCUT2D eigenvalue weighted by molar-refractivity contribution is -0.118. The van der Waals surface area contributed by atoms with Crippen molar-refractivity contribution in [1.29, 1.82) is 0 Å². The first-order chi connectivity index (χ1) is 13.1. The molecule has 0 saturated carbocycles. The van der Waals surface area contributed by atoms with Crippen LogP contribution in [0.25, 0.3) is 0 Å². The molecule has 1 unspecified atom stereocenters. The number of hydrogen-bond acceptors (Lipinski definition) is 4. The Hall–Kier alpha value is -2.56. The van der Waals surface area contributed by atoms with Crippen molar-refractivity contribution < 1.29 is 9.53 Å². The number of aromatic amines is 1. The number of nitrogens with one attached hydrogen (secondary N) is 2. The van der Waals surface area contributed by atoms with Crippen LogP contribution in [-0.2, 0) is 10.2 Å².